The first-order valence-electron chi connectivity index (χ1n) is 7.67. The van der Waals surface area contributed by atoms with E-state index in [1.807, 2.05) is 0 Å². The Labute approximate surface area is 143 Å². The summed E-state index contributed by atoms with van der Waals surface area (Å²) in [4.78, 5) is 24.8. The van der Waals surface area contributed by atoms with Gasteiger partial charge in [-0.15, -0.1) is 11.3 Å². The fraction of sp³-hybridized carbons (Fsp3) is 0.278. The van der Waals surface area contributed by atoms with Crippen molar-refractivity contribution in [3.8, 4) is 6.07 Å². The number of nitrogens with one attached hydrogen (secondary N) is 1. The van der Waals surface area contributed by atoms with E-state index in [0.717, 1.165) is 29.7 Å². The molecule has 1 amide bonds. The molecule has 1 aliphatic carbocycles. The molecule has 0 fully saturated rings. The predicted octanol–water partition coefficient (Wildman–Crippen LogP) is 2.36. The Morgan fingerprint density at radius 1 is 1.33 bits per heavy atom. The molecule has 0 bridgehead atoms. The van der Waals surface area contributed by atoms with Crippen molar-refractivity contribution >= 4 is 28.2 Å². The number of carbonyl (C=O) groups is 2. The van der Waals surface area contributed by atoms with Gasteiger partial charge < -0.3 is 15.2 Å². The van der Waals surface area contributed by atoms with Gasteiger partial charge in [0, 0.05) is 16.0 Å². The van der Waals surface area contributed by atoms with Gasteiger partial charge in [0.25, 0.3) is 5.91 Å². The number of benzene rings is 1. The van der Waals surface area contributed by atoms with Crippen LogP contribution in [-0.2, 0) is 12.8 Å². The second-order valence-electron chi connectivity index (χ2n) is 5.95. The summed E-state index contributed by atoms with van der Waals surface area (Å²) in [5.41, 5.74) is 1.38. The Morgan fingerprint density at radius 2 is 2.04 bits per heavy atom. The monoisotopic (exact) mass is 339 g/mol. The van der Waals surface area contributed by atoms with E-state index < -0.39 is 11.9 Å². The van der Waals surface area contributed by atoms with Crippen molar-refractivity contribution < 1.29 is 14.7 Å². The molecule has 5 nitrogen and oxygen atoms in total. The number of anilines is 1. The van der Waals surface area contributed by atoms with Gasteiger partial charge >= 0.3 is 0 Å². The van der Waals surface area contributed by atoms with Crippen molar-refractivity contribution in [3.63, 3.8) is 0 Å². The average Bonchev–Trinajstić information content (AvgIpc) is 2.90. The summed E-state index contributed by atoms with van der Waals surface area (Å²) < 4.78 is 0. The summed E-state index contributed by atoms with van der Waals surface area (Å²) in [5, 5.41) is 23.8. The van der Waals surface area contributed by atoms with Crippen molar-refractivity contribution in [2.45, 2.75) is 26.2 Å². The van der Waals surface area contributed by atoms with E-state index >= 15 is 0 Å². The van der Waals surface area contributed by atoms with Crippen LogP contribution in [-0.4, -0.2) is 11.9 Å². The molecule has 0 radical (unpaired) electrons. The Balaban J connectivity index is 1.94. The molecule has 2 aromatic rings. The zero-order valence-electron chi connectivity index (χ0n) is 13.1. The number of carbonyl (C=O) groups excluding carboxylic acids is 2. The topological polar surface area (TPSA) is 93.0 Å². The number of hydrogen-bond donors (Lipinski definition) is 1. The molecule has 1 aliphatic rings. The third-order valence-corrected chi connectivity index (χ3v) is 5.41. The molecule has 24 heavy (non-hydrogen) atoms. The lowest BCUT2D eigenvalue weighted by atomic mass is 9.88. The first-order valence-corrected chi connectivity index (χ1v) is 8.49. The Kier molecular flexibility index (Phi) is 4.36. The molecule has 1 N–H and O–H groups in total. The van der Waals surface area contributed by atoms with Crippen LogP contribution in [0.2, 0.25) is 0 Å². The fourth-order valence-corrected chi connectivity index (χ4v) is 4.34. The molecule has 6 heteroatoms. The van der Waals surface area contributed by atoms with E-state index in [1.165, 1.54) is 29.5 Å². The van der Waals surface area contributed by atoms with E-state index in [2.05, 4.69) is 18.3 Å². The normalized spacial score (nSPS) is 16.1. The van der Waals surface area contributed by atoms with Crippen molar-refractivity contribution in [3.05, 3.63) is 51.4 Å². The van der Waals surface area contributed by atoms with Gasteiger partial charge in [0.15, 0.2) is 0 Å². The van der Waals surface area contributed by atoms with E-state index in [1.54, 1.807) is 6.07 Å². The standard InChI is InChI=1S/C18H16N2O3S/c1-10-6-7-11-14(9-19)17(24-15(11)8-10)20-16(21)12-4-2-3-5-13(12)18(22)23/h2-5,10H,6-8H2,1H3,(H,20,21)(H,22,23)/p-1/t10-/m1/s1. The average molecular weight is 339 g/mol. The maximum Gasteiger partial charge on any atom is 0.256 e. The number of aromatic carboxylic acids is 1. The number of carboxylic acids is 1. The minimum atomic E-state index is -1.40. The summed E-state index contributed by atoms with van der Waals surface area (Å²) in [6, 6.07) is 8.07. The highest BCUT2D eigenvalue weighted by Crippen LogP contribution is 2.39. The number of thiophene rings is 1. The molecule has 3 rings (SSSR count). The highest BCUT2D eigenvalue weighted by atomic mass is 32.1. The van der Waals surface area contributed by atoms with Crippen molar-refractivity contribution in [1.82, 2.24) is 0 Å². The largest absolute Gasteiger partial charge is 0.545 e. The number of amides is 1. The molecular weight excluding hydrogens is 324 g/mol. The number of fused-ring (bicyclic) bond motifs is 1. The summed E-state index contributed by atoms with van der Waals surface area (Å²) in [5.74, 6) is -1.39. The van der Waals surface area contributed by atoms with E-state index in [9.17, 15) is 20.0 Å². The number of rotatable bonds is 3. The molecule has 1 atom stereocenters. The van der Waals surface area contributed by atoms with Gasteiger partial charge in [-0.25, -0.2) is 0 Å². The van der Waals surface area contributed by atoms with Crippen LogP contribution in [0.3, 0.4) is 0 Å². The lowest BCUT2D eigenvalue weighted by molar-refractivity contribution is -0.255. The van der Waals surface area contributed by atoms with Gasteiger partial charge in [-0.1, -0.05) is 25.1 Å². The second-order valence-corrected chi connectivity index (χ2v) is 7.06. The highest BCUT2D eigenvalue weighted by molar-refractivity contribution is 7.16. The second kappa shape index (κ2) is 6.46. The van der Waals surface area contributed by atoms with Crippen LogP contribution in [0.25, 0.3) is 0 Å². The van der Waals surface area contributed by atoms with Crippen molar-refractivity contribution in [2.24, 2.45) is 5.92 Å². The zero-order valence-corrected chi connectivity index (χ0v) is 13.9. The van der Waals surface area contributed by atoms with Crippen LogP contribution < -0.4 is 10.4 Å². The van der Waals surface area contributed by atoms with Gasteiger partial charge in [0.05, 0.1) is 11.5 Å². The SMILES string of the molecule is C[C@@H]1CCc2c(sc(NC(=O)c3ccccc3C(=O)[O-])c2C#N)C1. The van der Waals surface area contributed by atoms with Gasteiger partial charge in [0.2, 0.25) is 0 Å². The van der Waals surface area contributed by atoms with Gasteiger partial charge in [0.1, 0.15) is 11.1 Å². The van der Waals surface area contributed by atoms with E-state index in [4.69, 9.17) is 0 Å². The first-order chi connectivity index (χ1) is 11.5. The summed E-state index contributed by atoms with van der Waals surface area (Å²) in [6.07, 6.45) is 2.76. The maximum absolute atomic E-state index is 12.5. The van der Waals surface area contributed by atoms with Crippen LogP contribution in [0.4, 0.5) is 5.00 Å². The first kappa shape index (κ1) is 16.2. The molecule has 0 saturated heterocycles. The predicted molar refractivity (Wildman–Crippen MR) is 88.9 cm³/mol. The molecule has 0 saturated carbocycles. The van der Waals surface area contributed by atoms with Gasteiger partial charge in [-0.05, 0) is 36.8 Å². The number of carboxylic acid groups (broad SMARTS) is 1. The molecular formula is C18H15N2O3S-. The van der Waals surface area contributed by atoms with Crippen molar-refractivity contribution in [1.29, 1.82) is 5.26 Å². The van der Waals surface area contributed by atoms with Gasteiger partial charge in [-0.2, -0.15) is 5.26 Å². The zero-order chi connectivity index (χ0) is 17.3. The summed E-state index contributed by atoms with van der Waals surface area (Å²) >= 11 is 1.41. The Bertz CT molecular complexity index is 864. The minimum absolute atomic E-state index is 0.0288. The Morgan fingerprint density at radius 3 is 2.71 bits per heavy atom. The number of nitriles is 1. The molecule has 0 aliphatic heterocycles. The molecule has 1 aromatic carbocycles. The summed E-state index contributed by atoms with van der Waals surface area (Å²) in [7, 11) is 0. The number of nitrogens with zero attached hydrogens (tertiary/aromatic N) is 1. The number of hydrogen-bond acceptors (Lipinski definition) is 5. The minimum Gasteiger partial charge on any atom is -0.545 e. The van der Waals surface area contributed by atoms with Crippen LogP contribution in [0.5, 0.6) is 0 Å². The smallest absolute Gasteiger partial charge is 0.256 e. The van der Waals surface area contributed by atoms with Crippen LogP contribution in [0.1, 0.15) is 50.1 Å². The quantitative estimate of drug-likeness (QED) is 0.929. The maximum atomic E-state index is 12.5. The van der Waals surface area contributed by atoms with Crippen LogP contribution in [0.15, 0.2) is 24.3 Å². The van der Waals surface area contributed by atoms with Crippen LogP contribution in [0, 0.1) is 17.2 Å². The van der Waals surface area contributed by atoms with E-state index in [0.29, 0.717) is 16.5 Å². The third kappa shape index (κ3) is 2.91. The third-order valence-electron chi connectivity index (χ3n) is 4.24. The Hall–Kier alpha value is -2.65. The molecule has 0 unspecified atom stereocenters. The van der Waals surface area contributed by atoms with Gasteiger partial charge in [-0.3, -0.25) is 4.79 Å². The van der Waals surface area contributed by atoms with Crippen molar-refractivity contribution in [2.75, 3.05) is 5.32 Å². The lowest BCUT2D eigenvalue weighted by Crippen LogP contribution is -2.26. The highest BCUT2D eigenvalue weighted by Gasteiger charge is 2.25. The van der Waals surface area contributed by atoms with E-state index in [-0.39, 0.29) is 11.1 Å². The molecule has 122 valence electrons. The van der Waals surface area contributed by atoms with Crippen LogP contribution >= 0.6 is 11.3 Å². The molecule has 1 heterocycles. The molecule has 0 spiro atoms. The molecule has 1 aromatic heterocycles. The fourth-order valence-electron chi connectivity index (χ4n) is 2.99. The summed E-state index contributed by atoms with van der Waals surface area (Å²) in [6.45, 7) is 2.17. The lowest BCUT2D eigenvalue weighted by Gasteiger charge is -2.17.